The third-order valence-electron chi connectivity index (χ3n) is 1.76. The number of pyridine rings is 1. The number of aromatic nitrogens is 1. The van der Waals surface area contributed by atoms with Gasteiger partial charge in [0.15, 0.2) is 0 Å². The molecule has 2 heterocycles. The average Bonchev–Trinajstić information content (AvgIpc) is 2.06. The predicted molar refractivity (Wildman–Crippen MR) is 43.3 cm³/mol. The minimum absolute atomic E-state index is 0.0852. The van der Waals surface area contributed by atoms with E-state index in [-0.39, 0.29) is 6.17 Å². The summed E-state index contributed by atoms with van der Waals surface area (Å²) in [7, 11) is 0. The molecule has 0 spiro atoms. The van der Waals surface area contributed by atoms with Gasteiger partial charge in [-0.05, 0) is 23.9 Å². The fourth-order valence-corrected chi connectivity index (χ4v) is 1.17. The lowest BCUT2D eigenvalue weighted by atomic mass is 10.1. The number of nitrogens with one attached hydrogen (secondary N) is 1. The summed E-state index contributed by atoms with van der Waals surface area (Å²) < 4.78 is 0. The highest BCUT2D eigenvalue weighted by atomic mass is 15.0. The van der Waals surface area contributed by atoms with Gasteiger partial charge in [-0.25, -0.2) is 0 Å². The minimum atomic E-state index is -0.0852. The summed E-state index contributed by atoms with van der Waals surface area (Å²) in [6.07, 6.45) is 7.28. The van der Waals surface area contributed by atoms with Crippen molar-refractivity contribution in [2.75, 3.05) is 0 Å². The third kappa shape index (κ3) is 0.991. The summed E-state index contributed by atoms with van der Waals surface area (Å²) in [4.78, 5) is 4.00. The second kappa shape index (κ2) is 2.36. The number of fused-ring (bicyclic) bond motifs is 1. The maximum atomic E-state index is 5.76. The molecular formula is C8H9N3. The molecule has 1 aliphatic rings. The third-order valence-corrected chi connectivity index (χ3v) is 1.76. The lowest BCUT2D eigenvalue weighted by Crippen LogP contribution is -2.27. The summed E-state index contributed by atoms with van der Waals surface area (Å²) >= 11 is 0. The van der Waals surface area contributed by atoms with Crippen LogP contribution >= 0.6 is 0 Å². The van der Waals surface area contributed by atoms with Crippen molar-refractivity contribution in [2.45, 2.75) is 6.17 Å². The van der Waals surface area contributed by atoms with Crippen LogP contribution in [0.5, 0.6) is 0 Å². The Balaban J connectivity index is 2.54. The zero-order chi connectivity index (χ0) is 7.68. The van der Waals surface area contributed by atoms with E-state index in [9.17, 15) is 0 Å². The van der Waals surface area contributed by atoms with E-state index in [1.165, 1.54) is 0 Å². The van der Waals surface area contributed by atoms with E-state index in [2.05, 4.69) is 10.3 Å². The molecular weight excluding hydrogens is 138 g/mol. The van der Waals surface area contributed by atoms with Crippen molar-refractivity contribution in [1.82, 2.24) is 10.3 Å². The first-order valence-corrected chi connectivity index (χ1v) is 3.50. The van der Waals surface area contributed by atoms with Gasteiger partial charge in [0.05, 0.1) is 0 Å². The second-order valence-corrected chi connectivity index (χ2v) is 2.48. The smallest absolute Gasteiger partial charge is 0.101 e. The average molecular weight is 147 g/mol. The molecule has 1 atom stereocenters. The summed E-state index contributed by atoms with van der Waals surface area (Å²) in [6.45, 7) is 0. The number of hydrogen-bond donors (Lipinski definition) is 2. The molecule has 0 aromatic carbocycles. The van der Waals surface area contributed by atoms with Crippen molar-refractivity contribution in [1.29, 1.82) is 0 Å². The lowest BCUT2D eigenvalue weighted by molar-refractivity contribution is 0.645. The van der Waals surface area contributed by atoms with Gasteiger partial charge in [-0.1, -0.05) is 0 Å². The first-order chi connectivity index (χ1) is 5.38. The molecule has 0 saturated carbocycles. The van der Waals surface area contributed by atoms with Crippen LogP contribution in [0.4, 0.5) is 0 Å². The summed E-state index contributed by atoms with van der Waals surface area (Å²) in [5, 5.41) is 3.01. The quantitative estimate of drug-likeness (QED) is 0.565. The Kier molecular flexibility index (Phi) is 1.36. The van der Waals surface area contributed by atoms with Crippen molar-refractivity contribution in [3.05, 3.63) is 35.8 Å². The molecule has 0 aliphatic carbocycles. The van der Waals surface area contributed by atoms with Crippen molar-refractivity contribution in [2.24, 2.45) is 5.73 Å². The Labute approximate surface area is 64.9 Å². The molecule has 11 heavy (non-hydrogen) atoms. The van der Waals surface area contributed by atoms with E-state index in [0.29, 0.717) is 0 Å². The van der Waals surface area contributed by atoms with Crippen LogP contribution in [0.2, 0.25) is 0 Å². The predicted octanol–water partition coefficient (Wildman–Crippen LogP) is 0.613. The molecule has 0 bridgehead atoms. The monoisotopic (exact) mass is 147 g/mol. The van der Waals surface area contributed by atoms with Gasteiger partial charge in [-0.15, -0.1) is 0 Å². The number of nitrogens with two attached hydrogens (primary N) is 1. The van der Waals surface area contributed by atoms with E-state index < -0.39 is 0 Å². The highest BCUT2D eigenvalue weighted by Crippen LogP contribution is 2.17. The van der Waals surface area contributed by atoms with Gasteiger partial charge in [-0.3, -0.25) is 4.98 Å². The topological polar surface area (TPSA) is 50.9 Å². The Morgan fingerprint density at radius 3 is 3.27 bits per heavy atom. The Morgan fingerprint density at radius 1 is 1.55 bits per heavy atom. The summed E-state index contributed by atoms with van der Waals surface area (Å²) in [6, 6.07) is 1.93. The van der Waals surface area contributed by atoms with E-state index in [0.717, 1.165) is 11.1 Å². The molecule has 56 valence electrons. The molecule has 0 saturated heterocycles. The molecule has 1 aliphatic heterocycles. The first-order valence-electron chi connectivity index (χ1n) is 3.50. The Morgan fingerprint density at radius 2 is 2.45 bits per heavy atom. The molecule has 3 heteroatoms. The van der Waals surface area contributed by atoms with Crippen LogP contribution in [0.15, 0.2) is 24.7 Å². The van der Waals surface area contributed by atoms with Gasteiger partial charge in [-0.2, -0.15) is 0 Å². The Hall–Kier alpha value is -1.35. The largest absolute Gasteiger partial charge is 0.372 e. The molecule has 3 nitrogen and oxygen atoms in total. The van der Waals surface area contributed by atoms with Gasteiger partial charge in [0.2, 0.25) is 0 Å². The highest BCUT2D eigenvalue weighted by Gasteiger charge is 2.10. The van der Waals surface area contributed by atoms with Crippen LogP contribution in [0.1, 0.15) is 17.3 Å². The molecule has 1 aromatic heterocycles. The van der Waals surface area contributed by atoms with Crippen LogP contribution in [-0.2, 0) is 0 Å². The van der Waals surface area contributed by atoms with E-state index in [1.807, 2.05) is 24.5 Å². The summed E-state index contributed by atoms with van der Waals surface area (Å²) in [5.74, 6) is 0. The number of hydrogen-bond acceptors (Lipinski definition) is 3. The zero-order valence-electron chi connectivity index (χ0n) is 5.99. The number of nitrogens with zero attached hydrogens (tertiary/aromatic N) is 1. The maximum absolute atomic E-state index is 5.76. The van der Waals surface area contributed by atoms with Crippen molar-refractivity contribution in [3.8, 4) is 0 Å². The molecule has 1 unspecified atom stereocenters. The normalized spacial score (nSPS) is 20.6. The van der Waals surface area contributed by atoms with Gasteiger partial charge in [0.25, 0.3) is 0 Å². The van der Waals surface area contributed by atoms with E-state index in [1.54, 1.807) is 6.20 Å². The van der Waals surface area contributed by atoms with Crippen molar-refractivity contribution < 1.29 is 0 Å². The SMILES string of the molecule is NC1NC=Cc2cnccc21. The molecule has 2 rings (SSSR count). The molecule has 0 radical (unpaired) electrons. The fourth-order valence-electron chi connectivity index (χ4n) is 1.17. The zero-order valence-corrected chi connectivity index (χ0v) is 5.99. The van der Waals surface area contributed by atoms with Gasteiger partial charge in [0.1, 0.15) is 6.17 Å². The van der Waals surface area contributed by atoms with Crippen LogP contribution in [0.3, 0.4) is 0 Å². The molecule has 0 amide bonds. The van der Waals surface area contributed by atoms with Gasteiger partial charge in [0, 0.05) is 18.0 Å². The van der Waals surface area contributed by atoms with Crippen LogP contribution in [0.25, 0.3) is 6.08 Å². The highest BCUT2D eigenvalue weighted by molar-refractivity contribution is 5.55. The van der Waals surface area contributed by atoms with Crippen LogP contribution in [0, 0.1) is 0 Å². The van der Waals surface area contributed by atoms with E-state index in [4.69, 9.17) is 5.73 Å². The summed E-state index contributed by atoms with van der Waals surface area (Å²) in [5.41, 5.74) is 7.95. The van der Waals surface area contributed by atoms with Crippen LogP contribution < -0.4 is 11.1 Å². The van der Waals surface area contributed by atoms with E-state index >= 15 is 0 Å². The van der Waals surface area contributed by atoms with Crippen molar-refractivity contribution in [3.63, 3.8) is 0 Å². The van der Waals surface area contributed by atoms with Gasteiger partial charge >= 0.3 is 0 Å². The first kappa shape index (κ1) is 6.37. The second-order valence-electron chi connectivity index (χ2n) is 2.48. The fraction of sp³-hybridized carbons (Fsp3) is 0.125. The Bertz CT molecular complexity index is 293. The molecule has 1 aromatic rings. The van der Waals surface area contributed by atoms with Crippen molar-refractivity contribution >= 4 is 6.08 Å². The molecule has 0 fully saturated rings. The molecule has 3 N–H and O–H groups in total. The standard InChI is InChI=1S/C8H9N3/c9-8-7-2-3-10-5-6(7)1-4-11-8/h1-5,8,11H,9H2. The van der Waals surface area contributed by atoms with Gasteiger partial charge < -0.3 is 11.1 Å². The lowest BCUT2D eigenvalue weighted by Gasteiger charge is -2.18. The minimum Gasteiger partial charge on any atom is -0.372 e. The number of rotatable bonds is 0. The van der Waals surface area contributed by atoms with Crippen LogP contribution in [-0.4, -0.2) is 4.98 Å². The maximum Gasteiger partial charge on any atom is 0.101 e.